The normalized spacial score (nSPS) is 13.5. The molecule has 0 radical (unpaired) electrons. The van der Waals surface area contributed by atoms with Crippen LogP contribution in [0.3, 0.4) is 0 Å². The van der Waals surface area contributed by atoms with E-state index in [0.29, 0.717) is 12.0 Å². The number of carbonyl (C=O) groups is 4. The van der Waals surface area contributed by atoms with E-state index in [1.54, 1.807) is 41.5 Å². The summed E-state index contributed by atoms with van der Waals surface area (Å²) in [5.41, 5.74) is -0.528. The minimum Gasteiger partial charge on any atom is -0.508 e. The van der Waals surface area contributed by atoms with E-state index in [9.17, 15) is 29.4 Å². The van der Waals surface area contributed by atoms with Crippen LogP contribution in [0, 0.1) is 0 Å². The molecular weight excluding hydrogens is 602 g/mol. The minimum absolute atomic E-state index is 0.0408. The molecule has 0 fully saturated rings. The lowest BCUT2D eigenvalue weighted by molar-refractivity contribution is -0.159. The first-order chi connectivity index (χ1) is 22.0. The maximum absolute atomic E-state index is 14.4. The number of aliphatic hydroxyl groups is 1. The Hall–Kier alpha value is -4.12. The van der Waals surface area contributed by atoms with Gasteiger partial charge in [-0.15, -0.1) is 0 Å². The summed E-state index contributed by atoms with van der Waals surface area (Å²) >= 11 is 0. The Bertz CT molecular complexity index is 1290. The maximum Gasteiger partial charge on any atom is 0.408 e. The van der Waals surface area contributed by atoms with Gasteiger partial charge in [0.2, 0.25) is 11.8 Å². The van der Waals surface area contributed by atoms with Gasteiger partial charge in [-0.2, -0.15) is 0 Å². The van der Waals surface area contributed by atoms with Crippen LogP contribution >= 0.6 is 0 Å². The first-order valence-electron chi connectivity index (χ1n) is 16.3. The van der Waals surface area contributed by atoms with E-state index in [1.807, 2.05) is 30.3 Å². The van der Waals surface area contributed by atoms with Crippen molar-refractivity contribution in [2.45, 2.75) is 116 Å². The second kappa shape index (κ2) is 18.3. The monoisotopic (exact) mass is 655 g/mol. The molecule has 0 heterocycles. The third-order valence-electron chi connectivity index (χ3n) is 7.02. The number of esters is 1. The number of ether oxygens (including phenoxy) is 2. The fourth-order valence-corrected chi connectivity index (χ4v) is 4.88. The topological polar surface area (TPSA) is 154 Å². The Morgan fingerprint density at radius 3 is 1.94 bits per heavy atom. The Morgan fingerprint density at radius 1 is 0.787 bits per heavy atom. The van der Waals surface area contributed by atoms with Gasteiger partial charge >= 0.3 is 12.1 Å². The number of aliphatic hydroxyl groups excluding tert-OH is 1. The van der Waals surface area contributed by atoms with Crippen LogP contribution in [0.4, 0.5) is 4.79 Å². The highest BCUT2D eigenvalue weighted by Gasteiger charge is 2.38. The summed E-state index contributed by atoms with van der Waals surface area (Å²) in [6, 6.07) is 11.2. The molecule has 2 aromatic rings. The van der Waals surface area contributed by atoms with Crippen molar-refractivity contribution in [2.75, 3.05) is 13.2 Å². The van der Waals surface area contributed by atoms with Gasteiger partial charge in [0.05, 0.1) is 6.61 Å². The van der Waals surface area contributed by atoms with Crippen LogP contribution in [0.1, 0.15) is 97.7 Å². The summed E-state index contributed by atoms with van der Waals surface area (Å²) in [5.74, 6) is -2.06. The SMILES string of the molecule is CCCCCCCN(C(=O)C(CO)NC(=O)OC(C)(C)C)C(C(=O)NC(Cc1ccccc1)C(=O)OC(C)(C)C)c1ccc(O)cc1. The molecular formula is C36H53N3O8. The van der Waals surface area contributed by atoms with Crippen LogP contribution in [-0.2, 0) is 30.3 Å². The molecule has 0 aliphatic heterocycles. The number of hydrogen-bond acceptors (Lipinski definition) is 8. The number of nitrogens with zero attached hydrogens (tertiary/aromatic N) is 1. The lowest BCUT2D eigenvalue weighted by atomic mass is 10.00. The van der Waals surface area contributed by atoms with Crippen LogP contribution in [0.2, 0.25) is 0 Å². The number of carbonyl (C=O) groups excluding carboxylic acids is 4. The van der Waals surface area contributed by atoms with Crippen molar-refractivity contribution in [3.63, 3.8) is 0 Å². The largest absolute Gasteiger partial charge is 0.508 e. The van der Waals surface area contributed by atoms with Gasteiger partial charge in [-0.1, -0.05) is 75.1 Å². The van der Waals surface area contributed by atoms with Gasteiger partial charge in [0.25, 0.3) is 0 Å². The van der Waals surface area contributed by atoms with E-state index in [4.69, 9.17) is 9.47 Å². The summed E-state index contributed by atoms with van der Waals surface area (Å²) in [7, 11) is 0. The number of nitrogens with one attached hydrogen (secondary N) is 2. The number of rotatable bonds is 16. The number of phenolic OH excluding ortho intramolecular Hbond substituents is 1. The summed E-state index contributed by atoms with van der Waals surface area (Å²) in [4.78, 5) is 55.9. The highest BCUT2D eigenvalue weighted by Crippen LogP contribution is 2.26. The highest BCUT2D eigenvalue weighted by molar-refractivity contribution is 5.94. The van der Waals surface area contributed by atoms with Gasteiger partial charge in [0, 0.05) is 13.0 Å². The molecule has 4 N–H and O–H groups in total. The molecule has 0 aliphatic carbocycles. The predicted octanol–water partition coefficient (Wildman–Crippen LogP) is 5.19. The quantitative estimate of drug-likeness (QED) is 0.142. The predicted molar refractivity (Wildman–Crippen MR) is 179 cm³/mol. The van der Waals surface area contributed by atoms with E-state index < -0.39 is 59.8 Å². The Balaban J connectivity index is 2.56. The number of unbranched alkanes of at least 4 members (excludes halogenated alkanes) is 4. The van der Waals surface area contributed by atoms with Crippen molar-refractivity contribution < 1.29 is 38.9 Å². The first kappa shape index (κ1) is 39.1. The maximum atomic E-state index is 14.4. The van der Waals surface area contributed by atoms with Crippen LogP contribution < -0.4 is 10.6 Å². The first-order valence-corrected chi connectivity index (χ1v) is 16.3. The molecule has 3 amide bonds. The number of amides is 3. The van der Waals surface area contributed by atoms with E-state index in [2.05, 4.69) is 17.6 Å². The molecule has 3 atom stereocenters. The molecule has 11 heteroatoms. The Morgan fingerprint density at radius 2 is 1.38 bits per heavy atom. The lowest BCUT2D eigenvalue weighted by Crippen LogP contribution is -2.56. The third-order valence-corrected chi connectivity index (χ3v) is 7.02. The van der Waals surface area contributed by atoms with Crippen molar-refractivity contribution in [1.29, 1.82) is 0 Å². The Labute approximate surface area is 279 Å². The van der Waals surface area contributed by atoms with Gasteiger partial charge in [-0.3, -0.25) is 9.59 Å². The summed E-state index contributed by atoms with van der Waals surface area (Å²) in [6.07, 6.45) is 3.50. The summed E-state index contributed by atoms with van der Waals surface area (Å²) in [6.45, 7) is 11.7. The van der Waals surface area contributed by atoms with Gasteiger partial charge in [-0.25, -0.2) is 9.59 Å². The zero-order valence-corrected chi connectivity index (χ0v) is 28.9. The van der Waals surface area contributed by atoms with Crippen molar-refractivity contribution >= 4 is 23.9 Å². The van der Waals surface area contributed by atoms with Crippen LogP contribution in [0.5, 0.6) is 5.75 Å². The molecule has 0 saturated heterocycles. The fourth-order valence-electron chi connectivity index (χ4n) is 4.88. The summed E-state index contributed by atoms with van der Waals surface area (Å²) < 4.78 is 11.0. The van der Waals surface area contributed by atoms with Gasteiger partial charge in [0.1, 0.15) is 35.1 Å². The molecule has 0 saturated carbocycles. The molecule has 11 nitrogen and oxygen atoms in total. The molecule has 0 aromatic heterocycles. The second-order valence-electron chi connectivity index (χ2n) is 13.6. The van der Waals surface area contributed by atoms with Crippen molar-refractivity contribution in [2.24, 2.45) is 0 Å². The number of phenols is 1. The molecule has 0 bridgehead atoms. The van der Waals surface area contributed by atoms with Crippen molar-refractivity contribution in [3.05, 3.63) is 65.7 Å². The van der Waals surface area contributed by atoms with E-state index in [-0.39, 0.29) is 18.7 Å². The van der Waals surface area contributed by atoms with Crippen molar-refractivity contribution in [1.82, 2.24) is 15.5 Å². The molecule has 0 spiro atoms. The smallest absolute Gasteiger partial charge is 0.408 e. The standard InChI is InChI=1S/C36H53N3O8/c1-8-9-10-11-15-22-39(32(43)29(24-40)38-34(45)47-36(5,6)7)30(26-18-20-27(41)21-19-26)31(42)37-28(33(44)46-35(2,3)4)23-25-16-13-12-14-17-25/h12-14,16-21,28-30,40-41H,8-11,15,22-24H2,1-7H3,(H,37,42)(H,38,45). The van der Waals surface area contributed by atoms with Gasteiger partial charge < -0.3 is 35.2 Å². The minimum atomic E-state index is -1.42. The van der Waals surface area contributed by atoms with E-state index in [0.717, 1.165) is 31.2 Å². The fraction of sp³-hybridized carbons (Fsp3) is 0.556. The summed E-state index contributed by atoms with van der Waals surface area (Å²) in [5, 5.41) is 25.5. The van der Waals surface area contributed by atoms with Crippen molar-refractivity contribution in [3.8, 4) is 5.75 Å². The van der Waals surface area contributed by atoms with Crippen LogP contribution in [-0.4, -0.2) is 75.4 Å². The number of alkyl carbamates (subject to hydrolysis) is 1. The van der Waals surface area contributed by atoms with E-state index >= 15 is 0 Å². The van der Waals surface area contributed by atoms with Crippen LogP contribution in [0.15, 0.2) is 54.6 Å². The molecule has 47 heavy (non-hydrogen) atoms. The van der Waals surface area contributed by atoms with E-state index in [1.165, 1.54) is 29.2 Å². The zero-order valence-electron chi connectivity index (χ0n) is 28.9. The number of benzene rings is 2. The average molecular weight is 656 g/mol. The lowest BCUT2D eigenvalue weighted by Gasteiger charge is -2.35. The third kappa shape index (κ3) is 14.0. The highest BCUT2D eigenvalue weighted by atomic mass is 16.6. The molecule has 2 rings (SSSR count). The molecule has 3 unspecified atom stereocenters. The van der Waals surface area contributed by atoms with Gasteiger partial charge in [-0.05, 0) is 71.2 Å². The average Bonchev–Trinajstić information content (AvgIpc) is 2.98. The molecule has 0 aliphatic rings. The van der Waals surface area contributed by atoms with Gasteiger partial charge in [0.15, 0.2) is 0 Å². The second-order valence-corrected chi connectivity index (χ2v) is 13.6. The zero-order chi connectivity index (χ0) is 35.2. The number of aromatic hydroxyl groups is 1. The Kier molecular flexibility index (Phi) is 15.2. The number of hydrogen-bond donors (Lipinski definition) is 4. The molecule has 2 aromatic carbocycles. The molecule has 260 valence electrons. The van der Waals surface area contributed by atoms with Crippen LogP contribution in [0.25, 0.3) is 0 Å².